The van der Waals surface area contributed by atoms with E-state index in [1.807, 2.05) is 55.6 Å². The topological polar surface area (TPSA) is 33.1 Å². The van der Waals surface area contributed by atoms with Crippen molar-refractivity contribution in [2.45, 2.75) is 19.3 Å². The molecule has 0 saturated carbocycles. The molecule has 2 heteroatoms. The van der Waals surface area contributed by atoms with Crippen LogP contribution in [0.2, 0.25) is 0 Å². The number of hydrogen-bond acceptors (Lipinski definition) is 2. The summed E-state index contributed by atoms with van der Waals surface area (Å²) in [7, 11) is 0. The Hall–Kier alpha value is -2.61. The van der Waals surface area contributed by atoms with Gasteiger partial charge in [-0.05, 0) is 30.7 Å². The van der Waals surface area contributed by atoms with Gasteiger partial charge >= 0.3 is 0 Å². The molecule has 0 fully saturated rings. The Morgan fingerprint density at radius 3 is 2.45 bits per heavy atom. The first kappa shape index (κ1) is 14.3. The highest BCUT2D eigenvalue weighted by Crippen LogP contribution is 2.34. The largest absolute Gasteiger partial charge is 0.508 e. The molecule has 0 radical (unpaired) electrons. The van der Waals surface area contributed by atoms with Crippen LogP contribution in [-0.4, -0.2) is 10.1 Å². The van der Waals surface area contributed by atoms with Crippen molar-refractivity contribution in [2.24, 2.45) is 0 Å². The lowest BCUT2D eigenvalue weighted by Gasteiger charge is -2.19. The fourth-order valence-electron chi connectivity index (χ4n) is 2.77. The summed E-state index contributed by atoms with van der Waals surface area (Å²) in [6.07, 6.45) is 2.58. The molecule has 0 amide bonds. The van der Waals surface area contributed by atoms with Crippen molar-refractivity contribution in [3.63, 3.8) is 0 Å². The molecule has 0 aliphatic carbocycles. The molecule has 1 aromatic heterocycles. The molecule has 0 spiro atoms. The van der Waals surface area contributed by atoms with E-state index >= 15 is 0 Å². The van der Waals surface area contributed by atoms with Gasteiger partial charge in [0.1, 0.15) is 5.75 Å². The van der Waals surface area contributed by atoms with E-state index < -0.39 is 0 Å². The standard InChI is InChI=1S/C20H19NO/c1-15-10-11-20(22)19(13-15)18(16-7-3-2-4-8-16)14-17-9-5-6-12-21-17/h2-13,18,22H,14H2,1H3. The van der Waals surface area contributed by atoms with Gasteiger partial charge in [-0.25, -0.2) is 0 Å². The summed E-state index contributed by atoms with van der Waals surface area (Å²) < 4.78 is 0. The summed E-state index contributed by atoms with van der Waals surface area (Å²) in [4.78, 5) is 4.44. The van der Waals surface area contributed by atoms with Crippen LogP contribution >= 0.6 is 0 Å². The molecule has 0 saturated heterocycles. The maximum atomic E-state index is 10.3. The predicted octanol–water partition coefficient (Wildman–Crippen LogP) is 4.47. The second-order valence-corrected chi connectivity index (χ2v) is 5.55. The number of benzene rings is 2. The molecule has 2 nitrogen and oxygen atoms in total. The van der Waals surface area contributed by atoms with Crippen molar-refractivity contribution in [1.82, 2.24) is 4.98 Å². The summed E-state index contributed by atoms with van der Waals surface area (Å²) in [5.41, 5.74) is 4.32. The lowest BCUT2D eigenvalue weighted by molar-refractivity contribution is 0.464. The maximum absolute atomic E-state index is 10.3. The highest BCUT2D eigenvalue weighted by molar-refractivity contribution is 5.44. The molecule has 110 valence electrons. The van der Waals surface area contributed by atoms with E-state index in [0.29, 0.717) is 5.75 Å². The Bertz CT molecular complexity index is 738. The monoisotopic (exact) mass is 289 g/mol. The maximum Gasteiger partial charge on any atom is 0.119 e. The Balaban J connectivity index is 2.05. The molecule has 2 aromatic carbocycles. The molecule has 3 aromatic rings. The van der Waals surface area contributed by atoms with Crippen LogP contribution in [-0.2, 0) is 6.42 Å². The minimum Gasteiger partial charge on any atom is -0.508 e. The van der Waals surface area contributed by atoms with Gasteiger partial charge in [-0.2, -0.15) is 0 Å². The van der Waals surface area contributed by atoms with Crippen LogP contribution in [0.25, 0.3) is 0 Å². The zero-order valence-corrected chi connectivity index (χ0v) is 12.6. The van der Waals surface area contributed by atoms with E-state index in [2.05, 4.69) is 23.2 Å². The first-order valence-corrected chi connectivity index (χ1v) is 7.48. The summed E-state index contributed by atoms with van der Waals surface area (Å²) in [5, 5.41) is 10.3. The van der Waals surface area contributed by atoms with Gasteiger partial charge in [0, 0.05) is 29.8 Å². The van der Waals surface area contributed by atoms with Crippen molar-refractivity contribution in [1.29, 1.82) is 0 Å². The van der Waals surface area contributed by atoms with Crippen molar-refractivity contribution in [2.75, 3.05) is 0 Å². The van der Waals surface area contributed by atoms with Crippen LogP contribution in [0.5, 0.6) is 5.75 Å². The minimum atomic E-state index is 0.0935. The van der Waals surface area contributed by atoms with E-state index in [9.17, 15) is 5.11 Å². The predicted molar refractivity (Wildman–Crippen MR) is 89.1 cm³/mol. The van der Waals surface area contributed by atoms with Crippen LogP contribution in [0.3, 0.4) is 0 Å². The summed E-state index contributed by atoms with van der Waals surface area (Å²) >= 11 is 0. The van der Waals surface area contributed by atoms with E-state index in [1.165, 1.54) is 5.56 Å². The molecule has 0 aliphatic rings. The smallest absolute Gasteiger partial charge is 0.119 e. The summed E-state index contributed by atoms with van der Waals surface area (Å²) in [5.74, 6) is 0.436. The van der Waals surface area contributed by atoms with Crippen LogP contribution in [0.1, 0.15) is 28.3 Å². The Morgan fingerprint density at radius 1 is 0.955 bits per heavy atom. The van der Waals surface area contributed by atoms with Crippen molar-refractivity contribution in [3.8, 4) is 5.75 Å². The first-order valence-electron chi connectivity index (χ1n) is 7.48. The van der Waals surface area contributed by atoms with Crippen molar-refractivity contribution in [3.05, 3.63) is 95.3 Å². The molecule has 3 rings (SSSR count). The van der Waals surface area contributed by atoms with Gasteiger partial charge in [0.15, 0.2) is 0 Å². The lowest BCUT2D eigenvalue weighted by Crippen LogP contribution is -2.07. The highest BCUT2D eigenvalue weighted by Gasteiger charge is 2.19. The second kappa shape index (κ2) is 6.44. The average molecular weight is 289 g/mol. The van der Waals surface area contributed by atoms with Gasteiger partial charge in [0.2, 0.25) is 0 Å². The van der Waals surface area contributed by atoms with Gasteiger partial charge in [-0.1, -0.05) is 54.1 Å². The molecule has 1 atom stereocenters. The van der Waals surface area contributed by atoms with Gasteiger partial charge in [-0.15, -0.1) is 0 Å². The van der Waals surface area contributed by atoms with Crippen LogP contribution in [0.15, 0.2) is 72.9 Å². The molecule has 22 heavy (non-hydrogen) atoms. The quantitative estimate of drug-likeness (QED) is 0.768. The number of hydrogen-bond donors (Lipinski definition) is 1. The normalized spacial score (nSPS) is 12.0. The number of rotatable bonds is 4. The zero-order valence-electron chi connectivity index (χ0n) is 12.6. The molecular weight excluding hydrogens is 270 g/mol. The van der Waals surface area contributed by atoms with Gasteiger partial charge in [0.25, 0.3) is 0 Å². The summed E-state index contributed by atoms with van der Waals surface area (Å²) in [6.45, 7) is 2.05. The number of nitrogens with zero attached hydrogens (tertiary/aromatic N) is 1. The third kappa shape index (κ3) is 3.17. The van der Waals surface area contributed by atoms with Crippen molar-refractivity contribution >= 4 is 0 Å². The molecule has 0 aliphatic heterocycles. The fraction of sp³-hybridized carbons (Fsp3) is 0.150. The van der Waals surface area contributed by atoms with E-state index in [0.717, 1.165) is 23.2 Å². The summed E-state index contributed by atoms with van der Waals surface area (Å²) in [6, 6.07) is 22.0. The molecule has 0 bridgehead atoms. The second-order valence-electron chi connectivity index (χ2n) is 5.55. The molecule has 1 unspecified atom stereocenters. The number of pyridine rings is 1. The molecular formula is C20H19NO. The van der Waals surface area contributed by atoms with E-state index in [-0.39, 0.29) is 5.92 Å². The highest BCUT2D eigenvalue weighted by atomic mass is 16.3. The van der Waals surface area contributed by atoms with Crippen LogP contribution < -0.4 is 0 Å². The van der Waals surface area contributed by atoms with Crippen molar-refractivity contribution < 1.29 is 5.11 Å². The Morgan fingerprint density at radius 2 is 1.73 bits per heavy atom. The van der Waals surface area contributed by atoms with Crippen LogP contribution in [0.4, 0.5) is 0 Å². The van der Waals surface area contributed by atoms with E-state index in [1.54, 1.807) is 6.07 Å². The Labute approximate surface area is 131 Å². The van der Waals surface area contributed by atoms with Crippen LogP contribution in [0, 0.1) is 6.92 Å². The number of phenolic OH excluding ortho intramolecular Hbond substituents is 1. The zero-order chi connectivity index (χ0) is 15.4. The molecule has 1 N–H and O–H groups in total. The van der Waals surface area contributed by atoms with Gasteiger partial charge < -0.3 is 5.11 Å². The lowest BCUT2D eigenvalue weighted by atomic mass is 9.86. The number of aromatic hydroxyl groups is 1. The van der Waals surface area contributed by atoms with Gasteiger partial charge in [0.05, 0.1) is 0 Å². The first-order chi connectivity index (χ1) is 10.7. The number of phenols is 1. The van der Waals surface area contributed by atoms with Gasteiger partial charge in [-0.3, -0.25) is 4.98 Å². The van der Waals surface area contributed by atoms with E-state index in [4.69, 9.17) is 0 Å². The third-order valence-electron chi connectivity index (χ3n) is 3.90. The number of aryl methyl sites for hydroxylation is 1. The molecule has 1 heterocycles. The number of aromatic nitrogens is 1. The third-order valence-corrected chi connectivity index (χ3v) is 3.90. The fourth-order valence-corrected chi connectivity index (χ4v) is 2.77. The minimum absolute atomic E-state index is 0.0935. The Kier molecular flexibility index (Phi) is 4.19. The average Bonchev–Trinajstić information content (AvgIpc) is 2.57. The SMILES string of the molecule is Cc1ccc(O)c(C(Cc2ccccn2)c2ccccc2)c1.